The highest BCUT2D eigenvalue weighted by molar-refractivity contribution is 5.98. The highest BCUT2D eigenvalue weighted by Gasteiger charge is 2.30. The zero-order valence-electron chi connectivity index (χ0n) is 13.2. The second-order valence-corrected chi connectivity index (χ2v) is 5.03. The highest BCUT2D eigenvalue weighted by atomic mass is 19.4. The van der Waals surface area contributed by atoms with Gasteiger partial charge in [-0.1, -0.05) is 6.07 Å². The largest absolute Gasteiger partial charge is 0.416 e. The minimum atomic E-state index is -4.50. The Hall–Kier alpha value is -2.88. The third-order valence-electron chi connectivity index (χ3n) is 2.95. The molecule has 0 spiro atoms. The Morgan fingerprint density at radius 3 is 2.64 bits per heavy atom. The molecule has 0 aliphatic carbocycles. The van der Waals surface area contributed by atoms with Gasteiger partial charge in [-0.15, -0.1) is 0 Å². The van der Waals surface area contributed by atoms with Crippen molar-refractivity contribution in [3.05, 3.63) is 41.6 Å². The number of urea groups is 1. The van der Waals surface area contributed by atoms with E-state index in [9.17, 15) is 18.0 Å². The molecule has 7 nitrogen and oxygen atoms in total. The summed E-state index contributed by atoms with van der Waals surface area (Å²) in [5, 5.41) is 16.3. The Balaban J connectivity index is 2.06. The van der Waals surface area contributed by atoms with Gasteiger partial charge in [0, 0.05) is 24.0 Å². The van der Waals surface area contributed by atoms with E-state index >= 15 is 0 Å². The number of rotatable bonds is 5. The molecule has 134 valence electrons. The lowest BCUT2D eigenvalue weighted by Crippen LogP contribution is -2.22. The number of aliphatic hydroxyl groups excluding tert-OH is 1. The summed E-state index contributed by atoms with van der Waals surface area (Å²) < 4.78 is 38.0. The Kier molecular flexibility index (Phi) is 5.75. The van der Waals surface area contributed by atoms with E-state index in [-0.39, 0.29) is 24.8 Å². The van der Waals surface area contributed by atoms with Gasteiger partial charge in [0.05, 0.1) is 12.2 Å². The maximum atomic E-state index is 12.7. The number of benzene rings is 1. The Morgan fingerprint density at radius 1 is 1.20 bits per heavy atom. The summed E-state index contributed by atoms with van der Waals surface area (Å²) in [4.78, 5) is 20.0. The van der Waals surface area contributed by atoms with Crippen LogP contribution in [0.1, 0.15) is 11.3 Å². The number of aliphatic hydroxyl groups is 1. The van der Waals surface area contributed by atoms with E-state index in [1.165, 1.54) is 12.1 Å². The van der Waals surface area contributed by atoms with Crippen molar-refractivity contribution in [3.8, 4) is 0 Å². The molecule has 0 fully saturated rings. The lowest BCUT2D eigenvalue weighted by molar-refractivity contribution is -0.137. The fraction of sp³-hybridized carbons (Fsp3) is 0.267. The number of alkyl halides is 3. The fourth-order valence-electron chi connectivity index (χ4n) is 1.94. The molecule has 0 radical (unpaired) electrons. The number of halogens is 3. The quantitative estimate of drug-likeness (QED) is 0.661. The molecule has 0 saturated heterocycles. The number of aromatic nitrogens is 2. The molecule has 2 aromatic rings. The molecule has 0 saturated carbocycles. The Bertz CT molecular complexity index is 752. The van der Waals surface area contributed by atoms with E-state index in [2.05, 4.69) is 25.9 Å². The first-order valence-electron chi connectivity index (χ1n) is 7.23. The second kappa shape index (κ2) is 7.79. The molecular formula is C15H16F3N5O2. The number of hydrogen-bond donors (Lipinski definition) is 4. The van der Waals surface area contributed by atoms with Crippen molar-refractivity contribution in [1.82, 2.24) is 9.97 Å². The molecule has 0 aliphatic rings. The summed E-state index contributed by atoms with van der Waals surface area (Å²) in [5.41, 5.74) is -0.323. The van der Waals surface area contributed by atoms with Crippen LogP contribution in [0.3, 0.4) is 0 Å². The van der Waals surface area contributed by atoms with Crippen molar-refractivity contribution in [3.63, 3.8) is 0 Å². The monoisotopic (exact) mass is 355 g/mol. The van der Waals surface area contributed by atoms with E-state index in [4.69, 9.17) is 5.11 Å². The summed E-state index contributed by atoms with van der Waals surface area (Å²) in [5.74, 6) is 0.376. The van der Waals surface area contributed by atoms with Gasteiger partial charge in [-0.2, -0.15) is 18.2 Å². The molecule has 10 heteroatoms. The zero-order valence-corrected chi connectivity index (χ0v) is 13.2. The van der Waals surface area contributed by atoms with E-state index in [1.807, 2.05) is 0 Å². The summed E-state index contributed by atoms with van der Waals surface area (Å²) in [6.45, 7) is 1.86. The number of hydrogen-bond acceptors (Lipinski definition) is 5. The molecule has 0 aliphatic heterocycles. The average Bonchev–Trinajstić information content (AvgIpc) is 2.51. The molecule has 1 aromatic heterocycles. The first-order valence-corrected chi connectivity index (χ1v) is 7.23. The van der Waals surface area contributed by atoms with Crippen molar-refractivity contribution in [1.29, 1.82) is 0 Å². The van der Waals surface area contributed by atoms with Crippen LogP contribution in [0, 0.1) is 6.92 Å². The summed E-state index contributed by atoms with van der Waals surface area (Å²) in [6.07, 6.45) is -4.50. The van der Waals surface area contributed by atoms with Crippen LogP contribution in [0.5, 0.6) is 0 Å². The van der Waals surface area contributed by atoms with Crippen LogP contribution >= 0.6 is 0 Å². The van der Waals surface area contributed by atoms with Crippen LogP contribution < -0.4 is 16.0 Å². The third-order valence-corrected chi connectivity index (χ3v) is 2.95. The second-order valence-electron chi connectivity index (χ2n) is 5.03. The first kappa shape index (κ1) is 18.5. The number of carbonyl (C=O) groups excluding carboxylic acids is 1. The lowest BCUT2D eigenvalue weighted by atomic mass is 10.2. The van der Waals surface area contributed by atoms with E-state index in [1.54, 1.807) is 13.0 Å². The van der Waals surface area contributed by atoms with Crippen LogP contribution in [-0.2, 0) is 6.18 Å². The normalized spacial score (nSPS) is 11.1. The van der Waals surface area contributed by atoms with Gasteiger partial charge in [-0.3, -0.25) is 5.32 Å². The highest BCUT2D eigenvalue weighted by Crippen LogP contribution is 2.30. The Morgan fingerprint density at radius 2 is 1.96 bits per heavy atom. The smallest absolute Gasteiger partial charge is 0.395 e. The topological polar surface area (TPSA) is 99.2 Å². The maximum Gasteiger partial charge on any atom is 0.416 e. The van der Waals surface area contributed by atoms with Gasteiger partial charge in [0.2, 0.25) is 5.95 Å². The summed E-state index contributed by atoms with van der Waals surface area (Å²) in [6, 6.07) is 5.10. The first-order chi connectivity index (χ1) is 11.8. The molecule has 2 rings (SSSR count). The molecule has 2 amide bonds. The number of nitrogens with zero attached hydrogens (tertiary/aromatic N) is 2. The molecule has 0 atom stereocenters. The molecular weight excluding hydrogens is 339 g/mol. The van der Waals surface area contributed by atoms with Gasteiger partial charge in [-0.05, 0) is 25.1 Å². The van der Waals surface area contributed by atoms with Crippen LogP contribution in [0.4, 0.5) is 35.4 Å². The van der Waals surface area contributed by atoms with Crippen LogP contribution in [0.2, 0.25) is 0 Å². The van der Waals surface area contributed by atoms with Crippen molar-refractivity contribution >= 4 is 23.5 Å². The SMILES string of the molecule is Cc1cc(NCCO)nc(NC(=O)Nc2cccc(C(F)(F)F)c2)n1. The van der Waals surface area contributed by atoms with E-state index < -0.39 is 17.8 Å². The van der Waals surface area contributed by atoms with Crippen LogP contribution in [-0.4, -0.2) is 34.3 Å². The molecule has 0 bridgehead atoms. The minimum absolute atomic E-state index is 0.0152. The average molecular weight is 355 g/mol. The predicted octanol–water partition coefficient (Wildman–Crippen LogP) is 2.85. The fourth-order valence-corrected chi connectivity index (χ4v) is 1.94. The van der Waals surface area contributed by atoms with Crippen LogP contribution in [0.25, 0.3) is 0 Å². The molecule has 1 aromatic carbocycles. The molecule has 25 heavy (non-hydrogen) atoms. The number of amides is 2. The van der Waals surface area contributed by atoms with Crippen molar-refractivity contribution in [2.75, 3.05) is 29.1 Å². The zero-order chi connectivity index (χ0) is 18.4. The van der Waals surface area contributed by atoms with Gasteiger partial charge in [0.1, 0.15) is 5.82 Å². The maximum absolute atomic E-state index is 12.7. The van der Waals surface area contributed by atoms with Crippen molar-refractivity contribution in [2.24, 2.45) is 0 Å². The van der Waals surface area contributed by atoms with Crippen LogP contribution in [0.15, 0.2) is 30.3 Å². The summed E-state index contributed by atoms with van der Waals surface area (Å²) in [7, 11) is 0. The number of carbonyl (C=O) groups is 1. The molecule has 4 N–H and O–H groups in total. The standard InChI is InChI=1S/C15H16F3N5O2/c1-9-7-12(19-5-6-24)22-13(20-9)23-14(25)21-11-4-2-3-10(8-11)15(16,17)18/h2-4,7-8,24H,5-6H2,1H3,(H3,19,20,21,22,23,25). The van der Waals surface area contributed by atoms with Crippen molar-refractivity contribution in [2.45, 2.75) is 13.1 Å². The van der Waals surface area contributed by atoms with Gasteiger partial charge in [0.15, 0.2) is 0 Å². The van der Waals surface area contributed by atoms with Crippen molar-refractivity contribution < 1.29 is 23.1 Å². The lowest BCUT2D eigenvalue weighted by Gasteiger charge is -2.11. The number of nitrogens with one attached hydrogen (secondary N) is 3. The number of aryl methyl sites for hydroxylation is 1. The van der Waals surface area contributed by atoms with E-state index in [0.29, 0.717) is 11.5 Å². The van der Waals surface area contributed by atoms with Gasteiger partial charge >= 0.3 is 12.2 Å². The van der Waals surface area contributed by atoms with E-state index in [0.717, 1.165) is 12.1 Å². The number of anilines is 3. The Labute approximate surface area is 141 Å². The minimum Gasteiger partial charge on any atom is -0.395 e. The van der Waals surface area contributed by atoms with Gasteiger partial charge in [0.25, 0.3) is 0 Å². The molecule has 0 unspecified atom stereocenters. The predicted molar refractivity (Wildman–Crippen MR) is 86.4 cm³/mol. The third kappa shape index (κ3) is 5.60. The van der Waals surface area contributed by atoms with Gasteiger partial charge in [-0.25, -0.2) is 9.78 Å². The summed E-state index contributed by atoms with van der Waals surface area (Å²) >= 11 is 0. The van der Waals surface area contributed by atoms with Gasteiger partial charge < -0.3 is 15.7 Å². The molecule has 1 heterocycles.